The van der Waals surface area contributed by atoms with Crippen LogP contribution in [0.5, 0.6) is 11.5 Å². The van der Waals surface area contributed by atoms with Crippen LogP contribution in [0.4, 0.5) is 4.79 Å². The minimum atomic E-state index is -1.08. The average molecular weight is 396 g/mol. The van der Waals surface area contributed by atoms with Gasteiger partial charge in [-0.1, -0.05) is 45.0 Å². The molecule has 1 aliphatic rings. The van der Waals surface area contributed by atoms with Gasteiger partial charge in [-0.05, 0) is 47.7 Å². The average Bonchev–Trinajstić information content (AvgIpc) is 2.92. The van der Waals surface area contributed by atoms with Crippen molar-refractivity contribution in [3.8, 4) is 11.5 Å². The maximum absolute atomic E-state index is 13.0. The zero-order valence-corrected chi connectivity index (χ0v) is 17.6. The van der Waals surface area contributed by atoms with Crippen LogP contribution >= 0.6 is 0 Å². The van der Waals surface area contributed by atoms with Gasteiger partial charge in [0, 0.05) is 0 Å². The number of hydrogen-bond acceptors (Lipinski definition) is 4. The van der Waals surface area contributed by atoms with E-state index in [1.165, 1.54) is 10.5 Å². The predicted molar refractivity (Wildman–Crippen MR) is 111 cm³/mol. The third-order valence-electron chi connectivity index (χ3n) is 5.25. The van der Waals surface area contributed by atoms with Gasteiger partial charge in [-0.25, -0.2) is 4.79 Å². The SMILES string of the molecule is COc1ccc(OCCN2C(=O)N[C@](C)(c3ccc(C(C)(C)C)cc3)C2=O)cc1. The molecule has 2 aromatic carbocycles. The first-order valence-electron chi connectivity index (χ1n) is 9.67. The van der Waals surface area contributed by atoms with Crippen molar-refractivity contribution in [3.05, 3.63) is 59.7 Å². The molecule has 0 saturated carbocycles. The molecule has 2 aromatic rings. The summed E-state index contributed by atoms with van der Waals surface area (Å²) in [5.41, 5.74) is 0.884. The van der Waals surface area contributed by atoms with Crippen LogP contribution in [0.3, 0.4) is 0 Å². The number of imide groups is 1. The molecule has 0 spiro atoms. The van der Waals surface area contributed by atoms with Crippen LogP contribution in [0.15, 0.2) is 48.5 Å². The van der Waals surface area contributed by atoms with Gasteiger partial charge in [-0.15, -0.1) is 0 Å². The Morgan fingerprint density at radius 3 is 2.10 bits per heavy atom. The Hall–Kier alpha value is -3.02. The molecule has 3 amide bonds. The largest absolute Gasteiger partial charge is 0.497 e. The van der Waals surface area contributed by atoms with Crippen molar-refractivity contribution in [2.24, 2.45) is 0 Å². The molecule has 1 heterocycles. The third kappa shape index (κ3) is 4.21. The zero-order chi connectivity index (χ0) is 21.2. The molecule has 6 heteroatoms. The number of rotatable bonds is 6. The second kappa shape index (κ2) is 7.78. The number of benzene rings is 2. The Balaban J connectivity index is 1.66. The summed E-state index contributed by atoms with van der Waals surface area (Å²) in [5.74, 6) is 1.11. The summed E-state index contributed by atoms with van der Waals surface area (Å²) in [6.45, 7) is 8.53. The number of amides is 3. The summed E-state index contributed by atoms with van der Waals surface area (Å²) in [7, 11) is 1.60. The fourth-order valence-electron chi connectivity index (χ4n) is 3.33. The number of carbonyl (C=O) groups excluding carboxylic acids is 2. The van der Waals surface area contributed by atoms with Crippen LogP contribution in [0.2, 0.25) is 0 Å². The van der Waals surface area contributed by atoms with E-state index in [0.29, 0.717) is 5.75 Å². The highest BCUT2D eigenvalue weighted by atomic mass is 16.5. The second-order valence-corrected chi connectivity index (χ2v) is 8.36. The van der Waals surface area contributed by atoms with Crippen molar-refractivity contribution in [3.63, 3.8) is 0 Å². The van der Waals surface area contributed by atoms with Gasteiger partial charge in [-0.3, -0.25) is 9.69 Å². The van der Waals surface area contributed by atoms with Crippen LogP contribution in [0, 0.1) is 0 Å². The molecule has 0 aromatic heterocycles. The first-order chi connectivity index (χ1) is 13.6. The van der Waals surface area contributed by atoms with Crippen LogP contribution < -0.4 is 14.8 Å². The maximum atomic E-state index is 13.0. The van der Waals surface area contributed by atoms with Crippen molar-refractivity contribution < 1.29 is 19.1 Å². The van der Waals surface area contributed by atoms with E-state index in [4.69, 9.17) is 9.47 Å². The minimum Gasteiger partial charge on any atom is -0.497 e. The molecule has 0 aliphatic carbocycles. The van der Waals surface area contributed by atoms with E-state index in [0.717, 1.165) is 11.3 Å². The summed E-state index contributed by atoms with van der Waals surface area (Å²) in [5, 5.41) is 2.83. The molecule has 6 nitrogen and oxygen atoms in total. The van der Waals surface area contributed by atoms with E-state index in [2.05, 4.69) is 26.1 Å². The highest BCUT2D eigenvalue weighted by Gasteiger charge is 2.48. The van der Waals surface area contributed by atoms with E-state index in [1.54, 1.807) is 38.3 Å². The quantitative estimate of drug-likeness (QED) is 0.754. The van der Waals surface area contributed by atoms with Crippen molar-refractivity contribution in [1.82, 2.24) is 10.2 Å². The number of nitrogens with one attached hydrogen (secondary N) is 1. The lowest BCUT2D eigenvalue weighted by Crippen LogP contribution is -2.41. The number of urea groups is 1. The molecular formula is C23H28N2O4. The topological polar surface area (TPSA) is 67.9 Å². The lowest BCUT2D eigenvalue weighted by molar-refractivity contribution is -0.131. The summed E-state index contributed by atoms with van der Waals surface area (Å²) < 4.78 is 10.8. The summed E-state index contributed by atoms with van der Waals surface area (Å²) in [6.07, 6.45) is 0. The van der Waals surface area contributed by atoms with Crippen molar-refractivity contribution in [2.75, 3.05) is 20.3 Å². The van der Waals surface area contributed by atoms with Crippen LogP contribution in [0.1, 0.15) is 38.8 Å². The van der Waals surface area contributed by atoms with Gasteiger partial charge in [0.15, 0.2) is 0 Å². The zero-order valence-electron chi connectivity index (χ0n) is 17.6. The molecule has 3 rings (SSSR count). The van der Waals surface area contributed by atoms with E-state index in [-0.39, 0.29) is 24.5 Å². The van der Waals surface area contributed by atoms with Crippen molar-refractivity contribution in [1.29, 1.82) is 0 Å². The number of hydrogen-bond donors (Lipinski definition) is 1. The van der Waals surface area contributed by atoms with Gasteiger partial charge >= 0.3 is 6.03 Å². The fraction of sp³-hybridized carbons (Fsp3) is 0.391. The minimum absolute atomic E-state index is 0.0210. The molecule has 1 N–H and O–H groups in total. The van der Waals surface area contributed by atoms with Crippen LogP contribution in [-0.2, 0) is 15.7 Å². The van der Waals surface area contributed by atoms with Crippen LogP contribution in [-0.4, -0.2) is 37.1 Å². The monoisotopic (exact) mass is 396 g/mol. The van der Waals surface area contributed by atoms with E-state index in [9.17, 15) is 9.59 Å². The first-order valence-corrected chi connectivity index (χ1v) is 9.67. The van der Waals surface area contributed by atoms with E-state index >= 15 is 0 Å². The fourth-order valence-corrected chi connectivity index (χ4v) is 3.33. The molecule has 0 bridgehead atoms. The Morgan fingerprint density at radius 1 is 0.966 bits per heavy atom. The smallest absolute Gasteiger partial charge is 0.325 e. The lowest BCUT2D eigenvalue weighted by Gasteiger charge is -2.24. The Morgan fingerprint density at radius 2 is 1.55 bits per heavy atom. The second-order valence-electron chi connectivity index (χ2n) is 8.36. The number of nitrogens with zero attached hydrogens (tertiary/aromatic N) is 1. The van der Waals surface area contributed by atoms with Gasteiger partial charge in [0.25, 0.3) is 5.91 Å². The van der Waals surface area contributed by atoms with Gasteiger partial charge in [0.2, 0.25) is 0 Å². The van der Waals surface area contributed by atoms with E-state index in [1.807, 2.05) is 24.3 Å². The van der Waals surface area contributed by atoms with Gasteiger partial charge in [0.05, 0.1) is 13.7 Å². The van der Waals surface area contributed by atoms with Crippen LogP contribution in [0.25, 0.3) is 0 Å². The number of carbonyl (C=O) groups is 2. The van der Waals surface area contributed by atoms with E-state index < -0.39 is 11.6 Å². The lowest BCUT2D eigenvalue weighted by atomic mass is 9.84. The highest BCUT2D eigenvalue weighted by Crippen LogP contribution is 2.31. The molecule has 154 valence electrons. The molecule has 1 atom stereocenters. The molecule has 1 saturated heterocycles. The van der Waals surface area contributed by atoms with Gasteiger partial charge in [-0.2, -0.15) is 0 Å². The molecule has 29 heavy (non-hydrogen) atoms. The van der Waals surface area contributed by atoms with Crippen molar-refractivity contribution >= 4 is 11.9 Å². The Labute approximate surface area is 171 Å². The summed E-state index contributed by atoms with van der Waals surface area (Å²) >= 11 is 0. The summed E-state index contributed by atoms with van der Waals surface area (Å²) in [4.78, 5) is 26.7. The number of methoxy groups -OCH3 is 1. The summed E-state index contributed by atoms with van der Waals surface area (Å²) in [6, 6.07) is 14.6. The predicted octanol–water partition coefficient (Wildman–Crippen LogP) is 3.84. The Kier molecular flexibility index (Phi) is 5.55. The molecule has 1 aliphatic heterocycles. The number of ether oxygens (including phenoxy) is 2. The van der Waals surface area contributed by atoms with Gasteiger partial charge in [0.1, 0.15) is 23.6 Å². The third-order valence-corrected chi connectivity index (χ3v) is 5.25. The maximum Gasteiger partial charge on any atom is 0.325 e. The molecule has 1 fully saturated rings. The Bertz CT molecular complexity index is 885. The molecule has 0 radical (unpaired) electrons. The normalized spacial score (nSPS) is 19.3. The highest BCUT2D eigenvalue weighted by molar-refractivity contribution is 6.07. The standard InChI is InChI=1S/C23H28N2O4/c1-22(2,3)16-6-8-17(9-7-16)23(4)20(26)25(21(27)24-23)14-15-29-19-12-10-18(28-5)11-13-19/h6-13H,14-15H2,1-5H3,(H,24,27)/t23-/m1/s1. The molecular weight excluding hydrogens is 368 g/mol. The van der Waals surface area contributed by atoms with Gasteiger partial charge < -0.3 is 14.8 Å². The van der Waals surface area contributed by atoms with Crippen molar-refractivity contribution in [2.45, 2.75) is 38.6 Å². The molecule has 0 unspecified atom stereocenters. The first kappa shape index (κ1) is 20.7.